The van der Waals surface area contributed by atoms with Crippen LogP contribution in [0.25, 0.3) is 11.3 Å². The highest BCUT2D eigenvalue weighted by molar-refractivity contribution is 5.57. The van der Waals surface area contributed by atoms with Crippen LogP contribution in [0.3, 0.4) is 0 Å². The van der Waals surface area contributed by atoms with Gasteiger partial charge >= 0.3 is 12.0 Å². The standard InChI is InChI=1S/C32H41O3/c1-3-4-5-6-7-25-12-21-32(35-24-25)30-17-15-29(16-18-30)28-13-8-26(9-14-28)22-34-23-27-10-19-31(33-2)20-11-27/h10-12,15-21,24,26,28H,3-9,13-14,22-23H2,1-2H3/q+1. The molecule has 1 aliphatic carbocycles. The lowest BCUT2D eigenvalue weighted by Crippen LogP contribution is -2.17. The van der Waals surface area contributed by atoms with Crippen molar-refractivity contribution in [2.75, 3.05) is 13.7 Å². The lowest BCUT2D eigenvalue weighted by molar-refractivity contribution is 0.0715. The SMILES string of the molecule is CCCCCCc1ccc(-c2ccc(C3CCC(COCc4ccc(OC)cc4)CC3)cc2)[o+]c1. The fraction of sp³-hybridized carbons (Fsp3) is 0.469. The summed E-state index contributed by atoms with van der Waals surface area (Å²) in [5, 5.41) is 0. The van der Waals surface area contributed by atoms with Gasteiger partial charge in [-0.15, -0.1) is 0 Å². The van der Waals surface area contributed by atoms with Crippen molar-refractivity contribution < 1.29 is 13.9 Å². The monoisotopic (exact) mass is 473 g/mol. The predicted molar refractivity (Wildman–Crippen MR) is 144 cm³/mol. The van der Waals surface area contributed by atoms with Gasteiger partial charge in [-0.1, -0.05) is 50.5 Å². The fourth-order valence-electron chi connectivity index (χ4n) is 5.11. The number of rotatable bonds is 12. The normalized spacial score (nSPS) is 17.9. The molecule has 0 amide bonds. The van der Waals surface area contributed by atoms with Crippen LogP contribution in [-0.4, -0.2) is 13.7 Å². The Bertz CT molecular complexity index is 984. The minimum atomic E-state index is 0.657. The summed E-state index contributed by atoms with van der Waals surface area (Å²) in [7, 11) is 1.69. The molecule has 3 heteroatoms. The van der Waals surface area contributed by atoms with Gasteiger partial charge in [0.15, 0.2) is 0 Å². The zero-order chi connectivity index (χ0) is 24.3. The molecule has 3 nitrogen and oxygen atoms in total. The third-order valence-electron chi connectivity index (χ3n) is 7.40. The Hall–Kier alpha value is -2.65. The molecule has 1 aromatic heterocycles. The first-order valence-corrected chi connectivity index (χ1v) is 13.5. The summed E-state index contributed by atoms with van der Waals surface area (Å²) in [5.74, 6) is 3.17. The Morgan fingerprint density at radius 2 is 1.54 bits per heavy atom. The van der Waals surface area contributed by atoms with Gasteiger partial charge in [0.2, 0.25) is 0 Å². The number of hydrogen-bond acceptors (Lipinski definition) is 2. The summed E-state index contributed by atoms with van der Waals surface area (Å²) in [6.07, 6.45) is 13.2. The zero-order valence-corrected chi connectivity index (χ0v) is 21.5. The van der Waals surface area contributed by atoms with Crippen LogP contribution < -0.4 is 4.74 Å². The van der Waals surface area contributed by atoms with Crippen molar-refractivity contribution in [2.24, 2.45) is 5.92 Å². The summed E-state index contributed by atoms with van der Waals surface area (Å²) in [5.41, 5.74) is 5.12. The van der Waals surface area contributed by atoms with E-state index in [0.717, 1.165) is 30.1 Å². The maximum Gasteiger partial charge on any atom is 0.359 e. The first-order chi connectivity index (χ1) is 17.2. The highest BCUT2D eigenvalue weighted by Crippen LogP contribution is 2.36. The molecule has 0 bridgehead atoms. The molecule has 2 aromatic carbocycles. The molecule has 0 spiro atoms. The first-order valence-electron chi connectivity index (χ1n) is 13.5. The lowest BCUT2D eigenvalue weighted by atomic mass is 9.79. The summed E-state index contributed by atoms with van der Waals surface area (Å²) in [6.45, 7) is 3.78. The van der Waals surface area contributed by atoms with Gasteiger partial charge in [-0.2, -0.15) is 0 Å². The average Bonchev–Trinajstić information content (AvgIpc) is 2.92. The molecule has 1 aliphatic rings. The Morgan fingerprint density at radius 1 is 0.800 bits per heavy atom. The number of hydrogen-bond donors (Lipinski definition) is 0. The van der Waals surface area contributed by atoms with Crippen LogP contribution in [0.15, 0.2) is 71.3 Å². The second-order valence-electron chi connectivity index (χ2n) is 10.0. The minimum Gasteiger partial charge on any atom is -0.497 e. The summed E-state index contributed by atoms with van der Waals surface area (Å²) >= 11 is 0. The Labute approximate surface area is 211 Å². The quantitative estimate of drug-likeness (QED) is 0.194. The van der Waals surface area contributed by atoms with Gasteiger partial charge in [0.25, 0.3) is 0 Å². The molecule has 1 fully saturated rings. The second-order valence-corrected chi connectivity index (χ2v) is 10.0. The van der Waals surface area contributed by atoms with E-state index in [9.17, 15) is 0 Å². The molecule has 0 aliphatic heterocycles. The third kappa shape index (κ3) is 7.67. The van der Waals surface area contributed by atoms with Crippen molar-refractivity contribution in [3.8, 4) is 17.1 Å². The number of benzene rings is 2. The highest BCUT2D eigenvalue weighted by Gasteiger charge is 2.23. The van der Waals surface area contributed by atoms with Crippen LogP contribution in [0.4, 0.5) is 0 Å². The van der Waals surface area contributed by atoms with Crippen LogP contribution in [0.2, 0.25) is 0 Å². The molecule has 1 saturated carbocycles. The van der Waals surface area contributed by atoms with Crippen molar-refractivity contribution in [1.29, 1.82) is 0 Å². The molecule has 35 heavy (non-hydrogen) atoms. The molecule has 3 aromatic rings. The van der Waals surface area contributed by atoms with Gasteiger partial charge in [-0.3, -0.25) is 0 Å². The predicted octanol–water partition coefficient (Wildman–Crippen LogP) is 8.85. The summed E-state index contributed by atoms with van der Waals surface area (Å²) in [6, 6.07) is 21.5. The lowest BCUT2D eigenvalue weighted by Gasteiger charge is -2.28. The van der Waals surface area contributed by atoms with Crippen LogP contribution in [0, 0.1) is 5.92 Å². The maximum atomic E-state index is 6.03. The van der Waals surface area contributed by atoms with E-state index in [4.69, 9.17) is 13.9 Å². The molecule has 0 saturated heterocycles. The molecular formula is C32H41O3+. The number of methoxy groups -OCH3 is 1. The molecule has 0 atom stereocenters. The maximum absolute atomic E-state index is 6.03. The Morgan fingerprint density at radius 3 is 2.20 bits per heavy atom. The average molecular weight is 474 g/mol. The van der Waals surface area contributed by atoms with Crippen molar-refractivity contribution in [3.05, 3.63) is 83.6 Å². The van der Waals surface area contributed by atoms with Gasteiger partial charge < -0.3 is 9.47 Å². The highest BCUT2D eigenvalue weighted by atomic mass is 16.5. The van der Waals surface area contributed by atoms with Crippen molar-refractivity contribution >= 4 is 0 Å². The number of unbranched alkanes of at least 4 members (excludes halogenated alkanes) is 3. The van der Waals surface area contributed by atoms with E-state index < -0.39 is 0 Å². The van der Waals surface area contributed by atoms with E-state index in [1.807, 2.05) is 18.4 Å². The smallest absolute Gasteiger partial charge is 0.359 e. The summed E-state index contributed by atoms with van der Waals surface area (Å²) < 4.78 is 17.2. The molecule has 1 heterocycles. The van der Waals surface area contributed by atoms with Gasteiger partial charge in [-0.25, -0.2) is 4.42 Å². The molecule has 0 N–H and O–H groups in total. The molecule has 186 valence electrons. The zero-order valence-electron chi connectivity index (χ0n) is 21.5. The van der Waals surface area contributed by atoms with E-state index in [0.29, 0.717) is 18.4 Å². The number of aryl methyl sites for hydroxylation is 1. The second kappa shape index (κ2) is 13.4. The van der Waals surface area contributed by atoms with Gasteiger partial charge in [0, 0.05) is 18.2 Å². The Kier molecular flexibility index (Phi) is 9.77. The molecule has 0 unspecified atom stereocenters. The van der Waals surface area contributed by atoms with Crippen LogP contribution in [-0.2, 0) is 17.8 Å². The van der Waals surface area contributed by atoms with Gasteiger partial charge in [0.1, 0.15) is 5.75 Å². The first kappa shape index (κ1) is 25.4. The molecule has 4 rings (SSSR count). The summed E-state index contributed by atoms with van der Waals surface area (Å²) in [4.78, 5) is 0. The van der Waals surface area contributed by atoms with Gasteiger partial charge in [0.05, 0.1) is 19.3 Å². The number of ether oxygens (including phenoxy) is 2. The van der Waals surface area contributed by atoms with Crippen molar-refractivity contribution in [1.82, 2.24) is 0 Å². The fourth-order valence-corrected chi connectivity index (χ4v) is 5.11. The van der Waals surface area contributed by atoms with Crippen LogP contribution >= 0.6 is 0 Å². The van der Waals surface area contributed by atoms with Crippen LogP contribution in [0.5, 0.6) is 5.75 Å². The van der Waals surface area contributed by atoms with E-state index in [-0.39, 0.29) is 0 Å². The van der Waals surface area contributed by atoms with Crippen molar-refractivity contribution in [3.63, 3.8) is 0 Å². The van der Waals surface area contributed by atoms with E-state index >= 15 is 0 Å². The minimum absolute atomic E-state index is 0.657. The Balaban J connectivity index is 1.20. The molecule has 0 radical (unpaired) electrons. The van der Waals surface area contributed by atoms with Gasteiger partial charge in [-0.05, 0) is 91.8 Å². The van der Waals surface area contributed by atoms with E-state index in [2.05, 4.69) is 55.5 Å². The van der Waals surface area contributed by atoms with E-state index in [1.54, 1.807) is 7.11 Å². The topological polar surface area (TPSA) is 29.8 Å². The van der Waals surface area contributed by atoms with E-state index in [1.165, 1.54) is 68.1 Å². The van der Waals surface area contributed by atoms with Crippen molar-refractivity contribution in [2.45, 2.75) is 77.2 Å². The third-order valence-corrected chi connectivity index (χ3v) is 7.40. The largest absolute Gasteiger partial charge is 0.497 e. The molecular weight excluding hydrogens is 432 g/mol. The van der Waals surface area contributed by atoms with Crippen LogP contribution in [0.1, 0.15) is 80.9 Å².